The highest BCUT2D eigenvalue weighted by Gasteiger charge is 2.54. The van der Waals surface area contributed by atoms with E-state index in [1.807, 2.05) is 36.1 Å². The van der Waals surface area contributed by atoms with Gasteiger partial charge in [0.15, 0.2) is 0 Å². The minimum absolute atomic E-state index is 0.00810. The first-order valence-corrected chi connectivity index (χ1v) is 13.5. The third-order valence-electron chi connectivity index (χ3n) is 8.70. The number of carbonyl (C=O) groups is 3. The summed E-state index contributed by atoms with van der Waals surface area (Å²) in [4.78, 5) is 42.4. The summed E-state index contributed by atoms with van der Waals surface area (Å²) in [6.07, 6.45) is 7.28. The number of piperazine rings is 1. The number of hydrazine groups is 1. The van der Waals surface area contributed by atoms with Crippen LogP contribution in [-0.4, -0.2) is 48.8 Å². The summed E-state index contributed by atoms with van der Waals surface area (Å²) in [5.74, 6) is 1.79. The largest absolute Gasteiger partial charge is 0.368 e. The maximum absolute atomic E-state index is 13.0. The van der Waals surface area contributed by atoms with Gasteiger partial charge in [0.25, 0.3) is 0 Å². The van der Waals surface area contributed by atoms with Gasteiger partial charge in [-0.25, -0.2) is 0 Å². The smallest absolute Gasteiger partial charge is 0.244 e. The zero-order chi connectivity index (χ0) is 24.6. The number of rotatable bonds is 6. The SMILES string of the molecule is C[C@H](CC(=O)NNC(=O)C12CC3CC(CC(C3)C1)C2)CC(=O)N1CCN(c2cccc(Cl)c2)CC1. The van der Waals surface area contributed by atoms with Gasteiger partial charge in [0.05, 0.1) is 5.41 Å². The van der Waals surface area contributed by atoms with Crippen LogP contribution in [-0.2, 0) is 14.4 Å². The Bertz CT molecular complexity index is 940. The molecular formula is C27H37ClN4O3. The van der Waals surface area contributed by atoms with Crippen molar-refractivity contribution in [3.8, 4) is 0 Å². The van der Waals surface area contributed by atoms with Gasteiger partial charge < -0.3 is 9.80 Å². The van der Waals surface area contributed by atoms with Crippen LogP contribution in [0.3, 0.4) is 0 Å². The molecule has 0 radical (unpaired) electrons. The molecule has 4 bridgehead atoms. The van der Waals surface area contributed by atoms with E-state index in [-0.39, 0.29) is 35.5 Å². The first-order chi connectivity index (χ1) is 16.8. The number of anilines is 1. The van der Waals surface area contributed by atoms with Gasteiger partial charge in [-0.2, -0.15) is 0 Å². The molecule has 2 N–H and O–H groups in total. The summed E-state index contributed by atoms with van der Waals surface area (Å²) in [7, 11) is 0. The molecule has 3 amide bonds. The maximum atomic E-state index is 13.0. The van der Waals surface area contributed by atoms with E-state index in [0.717, 1.165) is 38.0 Å². The van der Waals surface area contributed by atoms with Gasteiger partial charge in [-0.1, -0.05) is 24.6 Å². The number of nitrogens with one attached hydrogen (secondary N) is 2. The van der Waals surface area contributed by atoms with Crippen LogP contribution in [0, 0.1) is 29.1 Å². The molecule has 1 heterocycles. The van der Waals surface area contributed by atoms with Gasteiger partial charge in [-0.05, 0) is 80.4 Å². The molecule has 5 aliphatic rings. The second-order valence-corrected chi connectivity index (χ2v) is 12.0. The summed E-state index contributed by atoms with van der Waals surface area (Å²) in [6, 6.07) is 7.78. The first-order valence-electron chi connectivity index (χ1n) is 13.2. The Kier molecular flexibility index (Phi) is 6.97. The standard InChI is InChI=1S/C27H37ClN4O3/c1-18(10-25(34)32-7-5-31(6-8-32)23-4-2-3-22(28)14-23)9-24(33)29-30-26(35)27-15-19-11-20(16-27)13-21(12-19)17-27/h2-4,14,18-21H,5-13,15-17H2,1H3,(H,29,33)(H,30,35)/t18-,19?,20?,21?,27?/m1/s1. The highest BCUT2D eigenvalue weighted by Crippen LogP contribution is 2.60. The molecule has 0 unspecified atom stereocenters. The van der Waals surface area contributed by atoms with Gasteiger partial charge in [0, 0.05) is 49.7 Å². The summed E-state index contributed by atoms with van der Waals surface area (Å²) < 4.78 is 0. The fourth-order valence-corrected chi connectivity index (χ4v) is 7.59. The van der Waals surface area contributed by atoms with E-state index >= 15 is 0 Å². The zero-order valence-electron chi connectivity index (χ0n) is 20.6. The Morgan fingerprint density at radius 1 is 0.971 bits per heavy atom. The monoisotopic (exact) mass is 500 g/mol. The van der Waals surface area contributed by atoms with Crippen molar-refractivity contribution in [1.82, 2.24) is 15.8 Å². The van der Waals surface area contributed by atoms with Crippen molar-refractivity contribution in [1.29, 1.82) is 0 Å². The van der Waals surface area contributed by atoms with Crippen LogP contribution in [0.2, 0.25) is 5.02 Å². The Morgan fingerprint density at radius 3 is 2.20 bits per heavy atom. The lowest BCUT2D eigenvalue weighted by Crippen LogP contribution is -2.56. The molecule has 0 aromatic heterocycles. The molecule has 7 nitrogen and oxygen atoms in total. The molecule has 8 heteroatoms. The van der Waals surface area contributed by atoms with E-state index < -0.39 is 0 Å². The quantitative estimate of drug-likeness (QED) is 0.582. The first kappa shape index (κ1) is 24.4. The second-order valence-electron chi connectivity index (χ2n) is 11.6. The topological polar surface area (TPSA) is 81.8 Å². The van der Waals surface area contributed by atoms with Gasteiger partial charge in [-0.15, -0.1) is 0 Å². The average Bonchev–Trinajstić information content (AvgIpc) is 2.81. The van der Waals surface area contributed by atoms with Gasteiger partial charge in [0.2, 0.25) is 17.7 Å². The number of halogens is 1. The number of hydrogen-bond acceptors (Lipinski definition) is 4. The van der Waals surface area contributed by atoms with E-state index in [1.165, 1.54) is 19.3 Å². The molecule has 1 aromatic rings. The molecule has 1 aliphatic heterocycles. The Hall–Kier alpha value is -2.28. The molecule has 5 fully saturated rings. The van der Waals surface area contributed by atoms with E-state index in [4.69, 9.17) is 11.6 Å². The molecule has 35 heavy (non-hydrogen) atoms. The molecular weight excluding hydrogens is 464 g/mol. The molecule has 4 aliphatic carbocycles. The predicted molar refractivity (Wildman–Crippen MR) is 136 cm³/mol. The Labute approximate surface area is 212 Å². The van der Waals surface area contributed by atoms with E-state index in [9.17, 15) is 14.4 Å². The lowest BCUT2D eigenvalue weighted by molar-refractivity contribution is -0.149. The van der Waals surface area contributed by atoms with E-state index in [2.05, 4.69) is 15.8 Å². The third-order valence-corrected chi connectivity index (χ3v) is 8.93. The number of amides is 3. The van der Waals surface area contributed by atoms with Gasteiger partial charge >= 0.3 is 0 Å². The number of nitrogens with zero attached hydrogens (tertiary/aromatic N) is 2. The second kappa shape index (κ2) is 10.00. The Morgan fingerprint density at radius 2 is 1.60 bits per heavy atom. The molecule has 0 spiro atoms. The summed E-state index contributed by atoms with van der Waals surface area (Å²) in [5, 5.41) is 0.710. The van der Waals surface area contributed by atoms with Crippen LogP contribution in [0.25, 0.3) is 0 Å². The zero-order valence-corrected chi connectivity index (χ0v) is 21.4. The van der Waals surface area contributed by atoms with Crippen LogP contribution < -0.4 is 15.8 Å². The summed E-state index contributed by atoms with van der Waals surface area (Å²) in [6.45, 7) is 4.76. The minimum atomic E-state index is -0.281. The average molecular weight is 501 g/mol. The van der Waals surface area contributed by atoms with Crippen molar-refractivity contribution in [3.63, 3.8) is 0 Å². The predicted octanol–water partition coefficient (Wildman–Crippen LogP) is 3.77. The Balaban J connectivity index is 1.03. The number of hydrogen-bond donors (Lipinski definition) is 2. The van der Waals surface area contributed by atoms with E-state index in [1.54, 1.807) is 0 Å². The summed E-state index contributed by atoms with van der Waals surface area (Å²) in [5.41, 5.74) is 6.17. The van der Waals surface area contributed by atoms with Crippen molar-refractivity contribution >= 4 is 35.0 Å². The van der Waals surface area contributed by atoms with Crippen molar-refractivity contribution in [3.05, 3.63) is 29.3 Å². The number of carbonyl (C=O) groups excluding carboxylic acids is 3. The minimum Gasteiger partial charge on any atom is -0.368 e. The lowest BCUT2D eigenvalue weighted by atomic mass is 9.49. The van der Waals surface area contributed by atoms with Crippen molar-refractivity contribution < 1.29 is 14.4 Å². The molecule has 1 aromatic carbocycles. The van der Waals surface area contributed by atoms with Crippen molar-refractivity contribution in [2.45, 2.75) is 58.3 Å². The number of benzene rings is 1. The van der Waals surface area contributed by atoms with E-state index in [0.29, 0.717) is 42.3 Å². The highest BCUT2D eigenvalue weighted by molar-refractivity contribution is 6.30. The van der Waals surface area contributed by atoms with Crippen LogP contribution in [0.1, 0.15) is 58.3 Å². The van der Waals surface area contributed by atoms with Crippen LogP contribution in [0.15, 0.2) is 24.3 Å². The van der Waals surface area contributed by atoms with Crippen LogP contribution in [0.4, 0.5) is 5.69 Å². The fraction of sp³-hybridized carbons (Fsp3) is 0.667. The van der Waals surface area contributed by atoms with Crippen molar-refractivity contribution in [2.24, 2.45) is 29.1 Å². The molecule has 190 valence electrons. The van der Waals surface area contributed by atoms with Crippen LogP contribution in [0.5, 0.6) is 0 Å². The maximum Gasteiger partial charge on any atom is 0.244 e. The van der Waals surface area contributed by atoms with Crippen LogP contribution >= 0.6 is 11.6 Å². The third kappa shape index (κ3) is 5.45. The lowest BCUT2D eigenvalue weighted by Gasteiger charge is -2.55. The molecule has 6 rings (SSSR count). The van der Waals surface area contributed by atoms with Gasteiger partial charge in [-0.3, -0.25) is 25.2 Å². The van der Waals surface area contributed by atoms with Gasteiger partial charge in [0.1, 0.15) is 0 Å². The highest BCUT2D eigenvalue weighted by atomic mass is 35.5. The molecule has 4 saturated carbocycles. The molecule has 1 saturated heterocycles. The van der Waals surface area contributed by atoms with Crippen molar-refractivity contribution in [2.75, 3.05) is 31.1 Å². The normalized spacial score (nSPS) is 30.2. The molecule has 1 atom stereocenters. The summed E-state index contributed by atoms with van der Waals surface area (Å²) >= 11 is 6.10. The fourth-order valence-electron chi connectivity index (χ4n) is 7.40.